The summed E-state index contributed by atoms with van der Waals surface area (Å²) in [6.07, 6.45) is 1.46. The fraction of sp³-hybridized carbons (Fsp3) is 0.500. The third kappa shape index (κ3) is 2.69. The highest BCUT2D eigenvalue weighted by Gasteiger charge is 2.54. The van der Waals surface area contributed by atoms with Gasteiger partial charge in [0.2, 0.25) is 10.0 Å². The number of carboxylic acids is 1. The van der Waals surface area contributed by atoms with Crippen molar-refractivity contribution in [2.75, 3.05) is 6.54 Å². The summed E-state index contributed by atoms with van der Waals surface area (Å²) < 4.78 is 32.5. The maximum Gasteiger partial charge on any atom is 0.335 e. The number of hydrogen-bond donors (Lipinski definition) is 1. The molecule has 7 nitrogen and oxygen atoms in total. The van der Waals surface area contributed by atoms with Crippen molar-refractivity contribution < 1.29 is 27.9 Å². The molecule has 0 aliphatic carbocycles. The van der Waals surface area contributed by atoms with Gasteiger partial charge < -0.3 is 9.84 Å². The molecule has 1 N–H and O–H groups in total. The van der Waals surface area contributed by atoms with Crippen molar-refractivity contribution in [2.24, 2.45) is 5.92 Å². The van der Waals surface area contributed by atoms with E-state index in [-0.39, 0.29) is 22.5 Å². The predicted molar refractivity (Wildman–Crippen MR) is 84.0 cm³/mol. The lowest BCUT2D eigenvalue weighted by atomic mass is 9.95. The van der Waals surface area contributed by atoms with Crippen molar-refractivity contribution in [3.05, 3.63) is 29.8 Å². The van der Waals surface area contributed by atoms with Gasteiger partial charge in [-0.3, -0.25) is 4.79 Å². The van der Waals surface area contributed by atoms with E-state index >= 15 is 0 Å². The van der Waals surface area contributed by atoms with Crippen LogP contribution in [0.3, 0.4) is 0 Å². The third-order valence-electron chi connectivity index (χ3n) is 4.64. The number of carbonyl (C=O) groups is 2. The molecule has 8 heteroatoms. The van der Waals surface area contributed by atoms with Crippen molar-refractivity contribution in [1.29, 1.82) is 0 Å². The smallest absolute Gasteiger partial charge is 0.335 e. The molecule has 0 radical (unpaired) electrons. The normalized spacial score (nSPS) is 27.0. The molecule has 0 saturated carbocycles. The minimum atomic E-state index is -3.80. The van der Waals surface area contributed by atoms with Crippen LogP contribution in [0.5, 0.6) is 0 Å². The first kappa shape index (κ1) is 16.9. The van der Waals surface area contributed by atoms with E-state index < -0.39 is 28.0 Å². The van der Waals surface area contributed by atoms with Gasteiger partial charge >= 0.3 is 11.9 Å². The molecule has 3 rings (SSSR count). The van der Waals surface area contributed by atoms with E-state index in [1.807, 2.05) is 6.92 Å². The Hall–Kier alpha value is -1.93. The van der Waals surface area contributed by atoms with Crippen molar-refractivity contribution in [3.63, 3.8) is 0 Å². The van der Waals surface area contributed by atoms with Crippen LogP contribution in [0.15, 0.2) is 29.2 Å². The number of carbonyl (C=O) groups excluding carboxylic acids is 1. The average molecular weight is 353 g/mol. The predicted octanol–water partition coefficient (Wildman–Crippen LogP) is 1.49. The first-order valence-electron chi connectivity index (χ1n) is 7.92. The maximum atomic E-state index is 12.9. The molecule has 2 aliphatic heterocycles. The highest BCUT2D eigenvalue weighted by atomic mass is 32.2. The second-order valence-electron chi connectivity index (χ2n) is 6.10. The molecule has 0 bridgehead atoms. The van der Waals surface area contributed by atoms with Gasteiger partial charge in [-0.05, 0) is 37.1 Å². The molecule has 2 fully saturated rings. The Labute approximate surface area is 140 Å². The van der Waals surface area contributed by atoms with Crippen molar-refractivity contribution in [3.8, 4) is 0 Å². The van der Waals surface area contributed by atoms with Crippen LogP contribution in [0.1, 0.15) is 36.5 Å². The minimum Gasteiger partial charge on any atom is -0.478 e. The van der Waals surface area contributed by atoms with Crippen molar-refractivity contribution >= 4 is 22.0 Å². The second kappa shape index (κ2) is 6.18. The van der Waals surface area contributed by atoms with Crippen LogP contribution in [-0.2, 0) is 19.6 Å². The number of benzene rings is 1. The Morgan fingerprint density at radius 1 is 1.33 bits per heavy atom. The number of esters is 1. The molecule has 3 atom stereocenters. The number of aromatic carboxylic acids is 1. The van der Waals surface area contributed by atoms with Gasteiger partial charge in [0, 0.05) is 6.54 Å². The van der Waals surface area contributed by atoms with E-state index in [0.29, 0.717) is 19.4 Å². The quantitative estimate of drug-likeness (QED) is 0.805. The Morgan fingerprint density at radius 2 is 2.00 bits per heavy atom. The first-order valence-corrected chi connectivity index (χ1v) is 9.36. The summed E-state index contributed by atoms with van der Waals surface area (Å²) in [6, 6.07) is 4.64. The molecular formula is C16H19NO6S. The van der Waals surface area contributed by atoms with Crippen LogP contribution >= 0.6 is 0 Å². The van der Waals surface area contributed by atoms with Crippen LogP contribution in [0.25, 0.3) is 0 Å². The molecular weight excluding hydrogens is 334 g/mol. The second-order valence-corrected chi connectivity index (χ2v) is 7.99. The van der Waals surface area contributed by atoms with E-state index in [2.05, 4.69) is 0 Å². The SMILES string of the molecule is CCCC1C(=O)OC2CCN(S(=O)(=O)c3ccc(C(=O)O)cc3)C21. The fourth-order valence-electron chi connectivity index (χ4n) is 3.51. The molecule has 24 heavy (non-hydrogen) atoms. The molecule has 0 aromatic heterocycles. The van der Waals surface area contributed by atoms with Crippen molar-refractivity contribution in [2.45, 2.75) is 43.2 Å². The van der Waals surface area contributed by atoms with Crippen LogP contribution < -0.4 is 0 Å². The summed E-state index contributed by atoms with van der Waals surface area (Å²) in [5, 5.41) is 8.92. The molecule has 0 spiro atoms. The standard InChI is InChI=1S/C16H19NO6S/c1-2-3-12-14-13(23-16(12)20)8-9-17(14)24(21,22)11-6-4-10(5-7-11)15(18)19/h4-7,12-14H,2-3,8-9H2,1H3,(H,18,19). The number of fused-ring (bicyclic) bond motifs is 1. The van der Waals surface area contributed by atoms with Gasteiger partial charge in [-0.2, -0.15) is 4.31 Å². The van der Waals surface area contributed by atoms with E-state index in [4.69, 9.17) is 9.84 Å². The number of sulfonamides is 1. The molecule has 2 heterocycles. The summed E-state index contributed by atoms with van der Waals surface area (Å²) in [5.74, 6) is -1.87. The molecule has 130 valence electrons. The number of nitrogens with zero attached hydrogens (tertiary/aromatic N) is 1. The van der Waals surface area contributed by atoms with Crippen LogP contribution in [0, 0.1) is 5.92 Å². The lowest BCUT2D eigenvalue weighted by molar-refractivity contribution is -0.144. The average Bonchev–Trinajstić information content (AvgIpc) is 3.08. The summed E-state index contributed by atoms with van der Waals surface area (Å²) >= 11 is 0. The lowest BCUT2D eigenvalue weighted by Crippen LogP contribution is -2.42. The van der Waals surface area contributed by atoms with Crippen LogP contribution in [0.2, 0.25) is 0 Å². The van der Waals surface area contributed by atoms with E-state index in [1.54, 1.807) is 0 Å². The monoisotopic (exact) mass is 353 g/mol. The first-order chi connectivity index (χ1) is 11.4. The highest BCUT2D eigenvalue weighted by Crippen LogP contribution is 2.39. The zero-order chi connectivity index (χ0) is 17.5. The zero-order valence-corrected chi connectivity index (χ0v) is 14.0. The molecule has 2 saturated heterocycles. The molecule has 1 aromatic carbocycles. The highest BCUT2D eigenvalue weighted by molar-refractivity contribution is 7.89. The van der Waals surface area contributed by atoms with Crippen molar-refractivity contribution in [1.82, 2.24) is 4.31 Å². The Balaban J connectivity index is 1.91. The van der Waals surface area contributed by atoms with Gasteiger partial charge in [0.25, 0.3) is 0 Å². The van der Waals surface area contributed by atoms with Gasteiger partial charge in [-0.15, -0.1) is 0 Å². The topological polar surface area (TPSA) is 101 Å². The largest absolute Gasteiger partial charge is 0.478 e. The lowest BCUT2D eigenvalue weighted by Gasteiger charge is -2.25. The van der Waals surface area contributed by atoms with Gasteiger partial charge in [-0.1, -0.05) is 13.3 Å². The summed E-state index contributed by atoms with van der Waals surface area (Å²) in [7, 11) is -3.80. The Morgan fingerprint density at radius 3 is 2.58 bits per heavy atom. The fourth-order valence-corrected chi connectivity index (χ4v) is 5.21. The minimum absolute atomic E-state index is 0.0245. The molecule has 0 amide bonds. The maximum absolute atomic E-state index is 12.9. The Bertz CT molecular complexity index is 757. The summed E-state index contributed by atoms with van der Waals surface area (Å²) in [6.45, 7) is 2.24. The zero-order valence-electron chi connectivity index (χ0n) is 13.2. The Kier molecular flexibility index (Phi) is 4.35. The molecule has 1 aromatic rings. The van der Waals surface area contributed by atoms with Gasteiger partial charge in [0.15, 0.2) is 0 Å². The molecule has 3 unspecified atom stereocenters. The summed E-state index contributed by atoms with van der Waals surface area (Å²) in [4.78, 5) is 22.9. The molecule has 2 aliphatic rings. The van der Waals surface area contributed by atoms with E-state index in [0.717, 1.165) is 6.42 Å². The van der Waals surface area contributed by atoms with Crippen LogP contribution in [0.4, 0.5) is 0 Å². The third-order valence-corrected chi connectivity index (χ3v) is 6.55. The van der Waals surface area contributed by atoms with Gasteiger partial charge in [0.05, 0.1) is 22.4 Å². The van der Waals surface area contributed by atoms with Crippen LogP contribution in [-0.4, -0.2) is 48.5 Å². The van der Waals surface area contributed by atoms with Gasteiger partial charge in [0.1, 0.15) is 6.10 Å². The number of hydrogen-bond acceptors (Lipinski definition) is 5. The number of rotatable bonds is 5. The number of ether oxygens (including phenoxy) is 1. The van der Waals surface area contributed by atoms with E-state index in [1.165, 1.54) is 28.6 Å². The van der Waals surface area contributed by atoms with Gasteiger partial charge in [-0.25, -0.2) is 13.2 Å². The number of carboxylic acid groups (broad SMARTS) is 1. The summed E-state index contributed by atoms with van der Waals surface area (Å²) in [5.41, 5.74) is 0.0245. The van der Waals surface area contributed by atoms with E-state index in [9.17, 15) is 18.0 Å².